The minimum Gasteiger partial charge on any atom is -0.340 e. The van der Waals surface area contributed by atoms with Gasteiger partial charge in [0.2, 0.25) is 0 Å². The van der Waals surface area contributed by atoms with Crippen molar-refractivity contribution in [2.75, 3.05) is 5.32 Å². The van der Waals surface area contributed by atoms with Crippen LogP contribution >= 0.6 is 11.6 Å². The van der Waals surface area contributed by atoms with Crippen LogP contribution in [0.1, 0.15) is 26.3 Å². The number of para-hydroxylation sites is 1. The average Bonchev–Trinajstić information content (AvgIpc) is 2.48. The van der Waals surface area contributed by atoms with E-state index in [2.05, 4.69) is 55.3 Å². The zero-order chi connectivity index (χ0) is 15.7. The maximum absolute atomic E-state index is 6.21. The van der Waals surface area contributed by atoms with Crippen LogP contribution in [-0.4, -0.2) is 4.98 Å². The molecular weight excluding hydrogens is 292 g/mol. The minimum atomic E-state index is 0.160. The van der Waals surface area contributed by atoms with E-state index < -0.39 is 0 Å². The number of fused-ring (bicyclic) bond motifs is 1. The lowest BCUT2D eigenvalue weighted by atomic mass is 9.87. The summed E-state index contributed by atoms with van der Waals surface area (Å²) in [5.74, 6) is 0.795. The lowest BCUT2D eigenvalue weighted by Gasteiger charge is -2.19. The van der Waals surface area contributed by atoms with Gasteiger partial charge in [-0.2, -0.15) is 0 Å². The van der Waals surface area contributed by atoms with Gasteiger partial charge in [0, 0.05) is 11.1 Å². The van der Waals surface area contributed by atoms with Crippen molar-refractivity contribution in [2.45, 2.75) is 26.2 Å². The standard InChI is InChI=1S/C19H19ClN2/c1-19(2,3)14-8-10-15(11-9-14)21-17-12-7-13-5-4-6-16(20)18(13)22-17/h4-12H,1-3H3,(H,21,22). The number of halogens is 1. The van der Waals surface area contributed by atoms with Crippen molar-refractivity contribution in [3.05, 3.63) is 65.2 Å². The molecule has 0 amide bonds. The van der Waals surface area contributed by atoms with Crippen LogP contribution in [0.3, 0.4) is 0 Å². The van der Waals surface area contributed by atoms with Crippen LogP contribution in [0.15, 0.2) is 54.6 Å². The molecule has 2 aromatic carbocycles. The fourth-order valence-corrected chi connectivity index (χ4v) is 2.61. The van der Waals surface area contributed by atoms with Crippen LogP contribution in [0.4, 0.5) is 11.5 Å². The van der Waals surface area contributed by atoms with E-state index in [1.807, 2.05) is 30.3 Å². The number of hydrogen-bond acceptors (Lipinski definition) is 2. The molecule has 1 heterocycles. The van der Waals surface area contributed by atoms with Crippen molar-refractivity contribution in [3.8, 4) is 0 Å². The Balaban J connectivity index is 1.88. The molecule has 0 aliphatic rings. The van der Waals surface area contributed by atoms with E-state index >= 15 is 0 Å². The molecule has 3 heteroatoms. The second-order valence-electron chi connectivity index (χ2n) is 6.46. The average molecular weight is 311 g/mol. The molecular formula is C19H19ClN2. The van der Waals surface area contributed by atoms with Gasteiger partial charge in [0.25, 0.3) is 0 Å². The molecule has 0 aliphatic carbocycles. The van der Waals surface area contributed by atoms with Crippen molar-refractivity contribution >= 4 is 34.0 Å². The molecule has 0 radical (unpaired) electrons. The first-order valence-corrected chi connectivity index (χ1v) is 7.74. The Morgan fingerprint density at radius 3 is 2.32 bits per heavy atom. The van der Waals surface area contributed by atoms with E-state index in [9.17, 15) is 0 Å². The van der Waals surface area contributed by atoms with Crippen LogP contribution in [0.2, 0.25) is 5.02 Å². The van der Waals surface area contributed by atoms with Crippen LogP contribution in [0.25, 0.3) is 10.9 Å². The Kier molecular flexibility index (Phi) is 3.79. The third-order valence-corrected chi connectivity index (χ3v) is 4.00. The molecule has 1 aromatic heterocycles. The zero-order valence-electron chi connectivity index (χ0n) is 13.0. The third-order valence-electron chi connectivity index (χ3n) is 3.69. The van der Waals surface area contributed by atoms with Gasteiger partial charge in [0.15, 0.2) is 0 Å². The molecule has 0 unspecified atom stereocenters. The lowest BCUT2D eigenvalue weighted by molar-refractivity contribution is 0.590. The van der Waals surface area contributed by atoms with Crippen molar-refractivity contribution in [2.24, 2.45) is 0 Å². The first-order chi connectivity index (χ1) is 10.4. The second kappa shape index (κ2) is 5.62. The van der Waals surface area contributed by atoms with Gasteiger partial charge in [-0.05, 0) is 41.3 Å². The topological polar surface area (TPSA) is 24.9 Å². The number of aromatic nitrogens is 1. The Hall–Kier alpha value is -2.06. The summed E-state index contributed by atoms with van der Waals surface area (Å²) in [6, 6.07) is 18.3. The van der Waals surface area contributed by atoms with E-state index in [0.29, 0.717) is 5.02 Å². The van der Waals surface area contributed by atoms with E-state index in [0.717, 1.165) is 22.4 Å². The molecule has 3 rings (SSSR count). The highest BCUT2D eigenvalue weighted by molar-refractivity contribution is 6.35. The van der Waals surface area contributed by atoms with Gasteiger partial charge < -0.3 is 5.32 Å². The number of nitrogens with one attached hydrogen (secondary N) is 1. The third kappa shape index (κ3) is 3.07. The summed E-state index contributed by atoms with van der Waals surface area (Å²) in [6.45, 7) is 6.63. The van der Waals surface area contributed by atoms with Gasteiger partial charge in [-0.15, -0.1) is 0 Å². The van der Waals surface area contributed by atoms with E-state index in [4.69, 9.17) is 11.6 Å². The summed E-state index contributed by atoms with van der Waals surface area (Å²) in [5, 5.41) is 5.05. The van der Waals surface area contributed by atoms with Crippen molar-refractivity contribution in [1.82, 2.24) is 4.98 Å². The summed E-state index contributed by atoms with van der Waals surface area (Å²) in [6.07, 6.45) is 0. The fourth-order valence-electron chi connectivity index (χ4n) is 2.38. The molecule has 22 heavy (non-hydrogen) atoms. The largest absolute Gasteiger partial charge is 0.340 e. The van der Waals surface area contributed by atoms with Crippen LogP contribution in [0.5, 0.6) is 0 Å². The number of nitrogens with zero attached hydrogens (tertiary/aromatic N) is 1. The minimum absolute atomic E-state index is 0.160. The molecule has 112 valence electrons. The highest BCUT2D eigenvalue weighted by atomic mass is 35.5. The zero-order valence-corrected chi connectivity index (χ0v) is 13.8. The van der Waals surface area contributed by atoms with Gasteiger partial charge >= 0.3 is 0 Å². The first kappa shape index (κ1) is 14.9. The van der Waals surface area contributed by atoms with Gasteiger partial charge in [0.05, 0.1) is 10.5 Å². The Labute approximate surface area is 136 Å². The highest BCUT2D eigenvalue weighted by Crippen LogP contribution is 2.26. The smallest absolute Gasteiger partial charge is 0.131 e. The molecule has 0 saturated heterocycles. The number of hydrogen-bond donors (Lipinski definition) is 1. The SMILES string of the molecule is CC(C)(C)c1ccc(Nc2ccc3cccc(Cl)c3n2)cc1. The predicted molar refractivity (Wildman–Crippen MR) is 95.2 cm³/mol. The van der Waals surface area contributed by atoms with Crippen LogP contribution in [-0.2, 0) is 5.41 Å². The van der Waals surface area contributed by atoms with E-state index in [1.165, 1.54) is 5.56 Å². The fraction of sp³-hybridized carbons (Fsp3) is 0.211. The Bertz CT molecular complexity index is 802. The lowest BCUT2D eigenvalue weighted by Crippen LogP contribution is -2.10. The number of benzene rings is 2. The van der Waals surface area contributed by atoms with Crippen LogP contribution in [0, 0.1) is 0 Å². The summed E-state index contributed by atoms with van der Waals surface area (Å²) in [7, 11) is 0. The monoisotopic (exact) mass is 310 g/mol. The Morgan fingerprint density at radius 2 is 1.64 bits per heavy atom. The molecule has 0 atom stereocenters. The predicted octanol–water partition coefficient (Wildman–Crippen LogP) is 5.93. The maximum atomic E-state index is 6.21. The first-order valence-electron chi connectivity index (χ1n) is 7.36. The molecule has 0 fully saturated rings. The van der Waals surface area contributed by atoms with Gasteiger partial charge in [-0.3, -0.25) is 0 Å². The van der Waals surface area contributed by atoms with Crippen molar-refractivity contribution < 1.29 is 0 Å². The normalized spacial score (nSPS) is 11.6. The Morgan fingerprint density at radius 1 is 0.909 bits per heavy atom. The van der Waals surface area contributed by atoms with Crippen molar-refractivity contribution in [1.29, 1.82) is 0 Å². The molecule has 0 bridgehead atoms. The second-order valence-corrected chi connectivity index (χ2v) is 6.87. The summed E-state index contributed by atoms with van der Waals surface area (Å²) >= 11 is 6.21. The number of anilines is 2. The highest BCUT2D eigenvalue weighted by Gasteiger charge is 2.12. The molecule has 2 nitrogen and oxygen atoms in total. The van der Waals surface area contributed by atoms with Crippen molar-refractivity contribution in [3.63, 3.8) is 0 Å². The summed E-state index contributed by atoms with van der Waals surface area (Å²) < 4.78 is 0. The molecule has 1 N–H and O–H groups in total. The number of pyridine rings is 1. The maximum Gasteiger partial charge on any atom is 0.131 e. The van der Waals surface area contributed by atoms with Gasteiger partial charge in [0.1, 0.15) is 5.82 Å². The molecule has 0 saturated carbocycles. The summed E-state index contributed by atoms with van der Waals surface area (Å²) in [5.41, 5.74) is 3.31. The van der Waals surface area contributed by atoms with Gasteiger partial charge in [-0.1, -0.05) is 56.6 Å². The van der Waals surface area contributed by atoms with Crippen LogP contribution < -0.4 is 5.32 Å². The number of rotatable bonds is 2. The molecule has 3 aromatic rings. The molecule has 0 aliphatic heterocycles. The quantitative estimate of drug-likeness (QED) is 0.634. The van der Waals surface area contributed by atoms with E-state index in [-0.39, 0.29) is 5.41 Å². The molecule has 0 spiro atoms. The van der Waals surface area contributed by atoms with E-state index in [1.54, 1.807) is 0 Å². The summed E-state index contributed by atoms with van der Waals surface area (Å²) in [4.78, 5) is 4.60. The van der Waals surface area contributed by atoms with Gasteiger partial charge in [-0.25, -0.2) is 4.98 Å².